The van der Waals surface area contributed by atoms with Crippen molar-refractivity contribution in [3.05, 3.63) is 57.9 Å². The summed E-state index contributed by atoms with van der Waals surface area (Å²) in [5.74, 6) is 0.407. The molecule has 0 atom stereocenters. The van der Waals surface area contributed by atoms with Gasteiger partial charge in [-0.25, -0.2) is 4.98 Å². The van der Waals surface area contributed by atoms with Gasteiger partial charge in [-0.05, 0) is 43.2 Å². The van der Waals surface area contributed by atoms with Crippen molar-refractivity contribution >= 4 is 46.0 Å². The number of nitrogens with one attached hydrogen (secondary N) is 2. The number of thioether (sulfide) groups is 1. The molecule has 0 spiro atoms. The first-order valence-corrected chi connectivity index (χ1v) is 10.4. The molecule has 4 rings (SSSR count). The number of anilines is 1. The quantitative estimate of drug-likeness (QED) is 0.300. The summed E-state index contributed by atoms with van der Waals surface area (Å²) in [5.41, 5.74) is 7.30. The Morgan fingerprint density at radius 2 is 2.07 bits per heavy atom. The van der Waals surface area contributed by atoms with Crippen LogP contribution in [0.5, 0.6) is 0 Å². The third-order valence-corrected chi connectivity index (χ3v) is 6.14. The Balaban J connectivity index is 1.42. The van der Waals surface area contributed by atoms with Gasteiger partial charge in [-0.3, -0.25) is 19.7 Å². The van der Waals surface area contributed by atoms with Crippen LogP contribution in [0.3, 0.4) is 0 Å². The van der Waals surface area contributed by atoms with Crippen LogP contribution in [0.1, 0.15) is 41.4 Å². The number of aromatic nitrogens is 2. The van der Waals surface area contributed by atoms with E-state index < -0.39 is 10.8 Å². The molecule has 1 saturated carbocycles. The maximum atomic E-state index is 12.3. The van der Waals surface area contributed by atoms with E-state index >= 15 is 0 Å². The second-order valence-corrected chi connectivity index (χ2v) is 8.14. The molecule has 154 valence electrons. The Morgan fingerprint density at radius 1 is 1.27 bits per heavy atom. The molecular formula is C20H19N5O4S. The van der Waals surface area contributed by atoms with E-state index in [1.165, 1.54) is 18.6 Å². The van der Waals surface area contributed by atoms with Crippen LogP contribution in [-0.4, -0.2) is 32.5 Å². The van der Waals surface area contributed by atoms with Gasteiger partial charge in [0, 0.05) is 23.2 Å². The summed E-state index contributed by atoms with van der Waals surface area (Å²) in [4.78, 5) is 42.5. The number of carbonyl (C=O) groups is 2. The topological polar surface area (TPSA) is 144 Å². The lowest BCUT2D eigenvalue weighted by Gasteiger charge is -2.22. The number of primary amides is 1. The van der Waals surface area contributed by atoms with Crippen molar-refractivity contribution < 1.29 is 14.5 Å². The molecule has 3 aromatic rings. The predicted octanol–water partition coefficient (Wildman–Crippen LogP) is 3.57. The Morgan fingerprint density at radius 3 is 2.73 bits per heavy atom. The van der Waals surface area contributed by atoms with E-state index in [1.807, 2.05) is 12.1 Å². The smallest absolute Gasteiger partial charge is 0.283 e. The number of nitrogens with two attached hydrogens (primary N) is 1. The molecule has 0 saturated heterocycles. The summed E-state index contributed by atoms with van der Waals surface area (Å²) < 4.78 is 0. The van der Waals surface area contributed by atoms with Crippen LogP contribution in [0.25, 0.3) is 11.0 Å². The Hall–Kier alpha value is -3.40. The van der Waals surface area contributed by atoms with Crippen LogP contribution in [0.4, 0.5) is 11.4 Å². The molecule has 2 amide bonds. The minimum absolute atomic E-state index is 0.0227. The Labute approximate surface area is 175 Å². The molecule has 2 aromatic carbocycles. The first-order valence-electron chi connectivity index (χ1n) is 9.41. The van der Waals surface area contributed by atoms with Gasteiger partial charge in [-0.1, -0.05) is 6.42 Å². The maximum Gasteiger partial charge on any atom is 0.283 e. The molecule has 1 aromatic heterocycles. The number of fused-ring (bicyclic) bond motifs is 1. The molecule has 9 nitrogen and oxygen atoms in total. The second kappa shape index (κ2) is 8.15. The molecule has 0 bridgehead atoms. The van der Waals surface area contributed by atoms with E-state index in [4.69, 9.17) is 5.73 Å². The van der Waals surface area contributed by atoms with Gasteiger partial charge in [0.1, 0.15) is 5.82 Å². The molecule has 1 fully saturated rings. The maximum absolute atomic E-state index is 12.3. The highest BCUT2D eigenvalue weighted by molar-refractivity contribution is 8.00. The van der Waals surface area contributed by atoms with Gasteiger partial charge in [0.05, 0.1) is 26.6 Å². The highest BCUT2D eigenvalue weighted by Crippen LogP contribution is 2.35. The number of nitrogens with zero attached hydrogens (tertiary/aromatic N) is 2. The van der Waals surface area contributed by atoms with Gasteiger partial charge in [-0.15, -0.1) is 11.8 Å². The number of nitro benzene ring substituents is 1. The van der Waals surface area contributed by atoms with Crippen LogP contribution < -0.4 is 11.1 Å². The third-order valence-electron chi connectivity index (χ3n) is 5.07. The lowest BCUT2D eigenvalue weighted by molar-refractivity contribution is -0.387. The van der Waals surface area contributed by atoms with Crippen molar-refractivity contribution in [3.8, 4) is 0 Å². The molecule has 1 heterocycles. The number of aromatic amines is 1. The van der Waals surface area contributed by atoms with Crippen molar-refractivity contribution in [1.82, 2.24) is 9.97 Å². The number of imidazole rings is 1. The van der Waals surface area contributed by atoms with E-state index in [0.717, 1.165) is 47.5 Å². The molecule has 0 radical (unpaired) electrons. The van der Waals surface area contributed by atoms with Crippen LogP contribution in [0, 0.1) is 10.1 Å². The molecule has 1 aliphatic rings. The van der Waals surface area contributed by atoms with E-state index in [1.54, 1.807) is 6.07 Å². The molecule has 0 aliphatic heterocycles. The van der Waals surface area contributed by atoms with Crippen molar-refractivity contribution in [3.63, 3.8) is 0 Å². The average Bonchev–Trinajstić information content (AvgIpc) is 3.07. The fourth-order valence-corrected chi connectivity index (χ4v) is 4.06. The zero-order valence-corrected chi connectivity index (χ0v) is 16.7. The summed E-state index contributed by atoms with van der Waals surface area (Å²) in [6.07, 6.45) is 3.52. The molecule has 0 unspecified atom stereocenters. The fraction of sp³-hybridized carbons (Fsp3) is 0.250. The minimum Gasteiger partial charge on any atom is -0.366 e. The van der Waals surface area contributed by atoms with E-state index in [0.29, 0.717) is 11.6 Å². The number of nitro groups is 1. The Bertz CT molecular complexity index is 1160. The number of H-pyrrole nitrogens is 1. The van der Waals surface area contributed by atoms with Gasteiger partial charge in [0.2, 0.25) is 11.8 Å². The zero-order chi connectivity index (χ0) is 21.3. The van der Waals surface area contributed by atoms with Gasteiger partial charge in [-0.2, -0.15) is 0 Å². The van der Waals surface area contributed by atoms with E-state index in [9.17, 15) is 19.7 Å². The predicted molar refractivity (Wildman–Crippen MR) is 114 cm³/mol. The van der Waals surface area contributed by atoms with Gasteiger partial charge in [0.15, 0.2) is 0 Å². The number of rotatable bonds is 7. The van der Waals surface area contributed by atoms with Crippen molar-refractivity contribution in [1.29, 1.82) is 0 Å². The second-order valence-electron chi connectivity index (χ2n) is 7.12. The van der Waals surface area contributed by atoms with Gasteiger partial charge >= 0.3 is 0 Å². The lowest BCUT2D eigenvalue weighted by Crippen LogP contribution is -2.14. The number of amides is 2. The van der Waals surface area contributed by atoms with Crippen LogP contribution >= 0.6 is 11.8 Å². The lowest BCUT2D eigenvalue weighted by atomic mass is 9.85. The number of hydrogen-bond acceptors (Lipinski definition) is 6. The SMILES string of the molecule is NC(=O)c1ccc(SCC(=O)Nc2ccc3nc(C4CCC4)[nH]c3c2)c([N+](=O)[O-])c1. The highest BCUT2D eigenvalue weighted by atomic mass is 32.2. The number of hydrogen-bond donors (Lipinski definition) is 3. The third kappa shape index (κ3) is 4.13. The molecule has 4 N–H and O–H groups in total. The summed E-state index contributed by atoms with van der Waals surface area (Å²) in [6.45, 7) is 0. The van der Waals surface area contributed by atoms with Crippen molar-refractivity contribution in [2.24, 2.45) is 5.73 Å². The van der Waals surface area contributed by atoms with Crippen LogP contribution in [-0.2, 0) is 4.79 Å². The van der Waals surface area contributed by atoms with Crippen molar-refractivity contribution in [2.45, 2.75) is 30.1 Å². The van der Waals surface area contributed by atoms with Gasteiger partial charge < -0.3 is 16.0 Å². The van der Waals surface area contributed by atoms with E-state index in [2.05, 4.69) is 15.3 Å². The summed E-state index contributed by atoms with van der Waals surface area (Å²) in [7, 11) is 0. The van der Waals surface area contributed by atoms with Crippen LogP contribution in [0.15, 0.2) is 41.3 Å². The first kappa shape index (κ1) is 19.9. The summed E-state index contributed by atoms with van der Waals surface area (Å²) >= 11 is 1.02. The Kier molecular flexibility index (Phi) is 5.40. The zero-order valence-electron chi connectivity index (χ0n) is 15.9. The first-order chi connectivity index (χ1) is 14.4. The minimum atomic E-state index is -0.748. The van der Waals surface area contributed by atoms with E-state index in [-0.39, 0.29) is 27.8 Å². The van der Waals surface area contributed by atoms with Crippen LogP contribution in [0.2, 0.25) is 0 Å². The fourth-order valence-electron chi connectivity index (χ4n) is 3.26. The molecular weight excluding hydrogens is 406 g/mol. The monoisotopic (exact) mass is 425 g/mol. The molecule has 30 heavy (non-hydrogen) atoms. The molecule has 1 aliphatic carbocycles. The van der Waals surface area contributed by atoms with Crippen molar-refractivity contribution in [2.75, 3.05) is 11.1 Å². The standard InChI is InChI=1S/C20H19N5O4S/c21-19(27)12-4-7-17(16(8-12)25(28)29)30-10-18(26)22-13-5-6-14-15(9-13)24-20(23-14)11-2-1-3-11/h4-9,11H,1-3,10H2,(H2,21,27)(H,22,26)(H,23,24). The largest absolute Gasteiger partial charge is 0.366 e. The molecule has 10 heteroatoms. The number of benzene rings is 2. The summed E-state index contributed by atoms with van der Waals surface area (Å²) in [5, 5.41) is 14.1. The average molecular weight is 425 g/mol. The summed E-state index contributed by atoms with van der Waals surface area (Å²) in [6, 6.07) is 9.41. The number of carbonyl (C=O) groups excluding carboxylic acids is 2. The highest BCUT2D eigenvalue weighted by Gasteiger charge is 2.23. The normalized spacial score (nSPS) is 13.7. The van der Waals surface area contributed by atoms with Gasteiger partial charge in [0.25, 0.3) is 5.69 Å².